The molecule has 324 valence electrons. The molecular formula is C48H104O4Ti. The molecule has 0 aromatic rings. The fraction of sp³-hybridized carbons (Fsp3) is 1.00. The second kappa shape index (κ2) is 70.4. The van der Waals surface area contributed by atoms with Crippen LogP contribution in [-0.4, -0.2) is 46.9 Å². The third-order valence-electron chi connectivity index (χ3n) is 10.0. The van der Waals surface area contributed by atoms with Gasteiger partial charge in [-0.05, 0) is 25.7 Å². The number of rotatable bonds is 40. The normalized spacial score (nSPS) is 10.4. The third-order valence-corrected chi connectivity index (χ3v) is 10.0. The van der Waals surface area contributed by atoms with Crippen molar-refractivity contribution in [3.8, 4) is 0 Å². The van der Waals surface area contributed by atoms with Gasteiger partial charge >= 0.3 is 0 Å². The molecule has 0 radical (unpaired) electrons. The van der Waals surface area contributed by atoms with Crippen molar-refractivity contribution in [2.45, 2.75) is 285 Å². The van der Waals surface area contributed by atoms with Crippen LogP contribution in [0.2, 0.25) is 0 Å². The zero-order valence-electron chi connectivity index (χ0n) is 37.4. The molecule has 0 aliphatic heterocycles. The fourth-order valence-electron chi connectivity index (χ4n) is 6.40. The van der Waals surface area contributed by atoms with Gasteiger partial charge in [-0.2, -0.15) is 0 Å². The summed E-state index contributed by atoms with van der Waals surface area (Å²) in [5, 5.41) is 34.3. The van der Waals surface area contributed by atoms with Crippen LogP contribution in [0.4, 0.5) is 0 Å². The summed E-state index contributed by atoms with van der Waals surface area (Å²) in [4.78, 5) is 0. The Labute approximate surface area is 351 Å². The molecule has 0 amide bonds. The molecule has 0 aliphatic rings. The molecule has 5 heteroatoms. The summed E-state index contributed by atoms with van der Waals surface area (Å²) in [6.07, 6.45) is 53.2. The minimum atomic E-state index is 0. The Bertz CT molecular complexity index is 380. The van der Waals surface area contributed by atoms with E-state index in [4.69, 9.17) is 20.4 Å². The first-order chi connectivity index (χ1) is 25.7. The van der Waals surface area contributed by atoms with Crippen LogP contribution in [0, 0.1) is 0 Å². The number of aliphatic hydroxyl groups excluding tert-OH is 4. The Morgan fingerprint density at radius 1 is 0.170 bits per heavy atom. The second-order valence-electron chi connectivity index (χ2n) is 15.6. The van der Waals surface area contributed by atoms with Crippen LogP contribution in [0.5, 0.6) is 0 Å². The quantitative estimate of drug-likeness (QED) is 0.0368. The number of hydrogen-bond acceptors (Lipinski definition) is 4. The van der Waals surface area contributed by atoms with Crippen LogP contribution in [-0.2, 0) is 21.7 Å². The number of aliphatic hydroxyl groups is 4. The Morgan fingerprint density at radius 3 is 0.358 bits per heavy atom. The van der Waals surface area contributed by atoms with Gasteiger partial charge in [0, 0.05) is 48.1 Å². The predicted octanol–water partition coefficient (Wildman–Crippen LogP) is 15.6. The first-order valence-electron chi connectivity index (χ1n) is 24.1. The topological polar surface area (TPSA) is 80.9 Å². The molecule has 0 bridgehead atoms. The average molecular weight is 793 g/mol. The molecule has 0 heterocycles. The van der Waals surface area contributed by atoms with Gasteiger partial charge in [0.25, 0.3) is 0 Å². The van der Waals surface area contributed by atoms with Crippen LogP contribution in [0.1, 0.15) is 285 Å². The van der Waals surface area contributed by atoms with Gasteiger partial charge in [0.15, 0.2) is 0 Å². The van der Waals surface area contributed by atoms with Crippen molar-refractivity contribution < 1.29 is 42.1 Å². The maximum absolute atomic E-state index is 8.57. The van der Waals surface area contributed by atoms with Crippen LogP contribution in [0.15, 0.2) is 0 Å². The van der Waals surface area contributed by atoms with Gasteiger partial charge in [-0.3, -0.25) is 0 Å². The molecule has 0 fully saturated rings. The largest absolute Gasteiger partial charge is 0.396 e. The summed E-state index contributed by atoms with van der Waals surface area (Å²) in [6, 6.07) is 0. The number of unbranched alkanes of at least 4 members (excludes halogenated alkanes) is 36. The summed E-state index contributed by atoms with van der Waals surface area (Å²) >= 11 is 0. The first-order valence-corrected chi connectivity index (χ1v) is 24.1. The van der Waals surface area contributed by atoms with Gasteiger partial charge in [-0.15, -0.1) is 0 Å². The van der Waals surface area contributed by atoms with E-state index < -0.39 is 0 Å². The summed E-state index contributed by atoms with van der Waals surface area (Å²) in [5.41, 5.74) is 0. The van der Waals surface area contributed by atoms with Gasteiger partial charge in [-0.25, -0.2) is 0 Å². The van der Waals surface area contributed by atoms with E-state index in [0.717, 1.165) is 25.7 Å². The predicted molar refractivity (Wildman–Crippen MR) is 236 cm³/mol. The van der Waals surface area contributed by atoms with E-state index in [-0.39, 0.29) is 21.7 Å². The smallest absolute Gasteiger partial charge is 0.0431 e. The molecule has 0 aromatic carbocycles. The van der Waals surface area contributed by atoms with E-state index in [9.17, 15) is 0 Å². The van der Waals surface area contributed by atoms with Crippen LogP contribution in [0.3, 0.4) is 0 Å². The van der Waals surface area contributed by atoms with Crippen molar-refractivity contribution in [3.05, 3.63) is 0 Å². The second-order valence-corrected chi connectivity index (χ2v) is 15.6. The SMILES string of the molecule is CCCCCCCCCCCCO.CCCCCCCCCCCCO.CCCCCCCCCCCCO.CCCCCCCCCCCCO.[Ti]. The van der Waals surface area contributed by atoms with Gasteiger partial charge < -0.3 is 20.4 Å². The summed E-state index contributed by atoms with van der Waals surface area (Å²) in [7, 11) is 0. The molecule has 0 unspecified atom stereocenters. The maximum Gasteiger partial charge on any atom is 0.0431 e. The van der Waals surface area contributed by atoms with E-state index in [2.05, 4.69) is 27.7 Å². The van der Waals surface area contributed by atoms with Crippen molar-refractivity contribution in [3.63, 3.8) is 0 Å². The monoisotopic (exact) mass is 793 g/mol. The van der Waals surface area contributed by atoms with Gasteiger partial charge in [-0.1, -0.05) is 259 Å². The molecule has 0 aliphatic carbocycles. The van der Waals surface area contributed by atoms with Crippen LogP contribution >= 0.6 is 0 Å². The molecule has 0 spiro atoms. The Kier molecular flexibility index (Phi) is 83.3. The minimum Gasteiger partial charge on any atom is -0.396 e. The van der Waals surface area contributed by atoms with Crippen LogP contribution < -0.4 is 0 Å². The van der Waals surface area contributed by atoms with Crippen molar-refractivity contribution in [2.24, 2.45) is 0 Å². The minimum absolute atomic E-state index is 0. The molecule has 0 atom stereocenters. The van der Waals surface area contributed by atoms with E-state index in [1.165, 1.54) is 231 Å². The standard InChI is InChI=1S/4C12H26O.Ti/c4*1-2-3-4-5-6-7-8-9-10-11-12-13;/h4*13H,2-12H2,1H3;. The maximum atomic E-state index is 8.57. The van der Waals surface area contributed by atoms with Gasteiger partial charge in [0.2, 0.25) is 0 Å². The molecule has 4 nitrogen and oxygen atoms in total. The molecule has 53 heavy (non-hydrogen) atoms. The fourth-order valence-corrected chi connectivity index (χ4v) is 6.40. The Morgan fingerprint density at radius 2 is 0.264 bits per heavy atom. The molecule has 0 aromatic heterocycles. The van der Waals surface area contributed by atoms with E-state index in [0.29, 0.717) is 26.4 Å². The van der Waals surface area contributed by atoms with Crippen molar-refractivity contribution in [1.82, 2.24) is 0 Å². The first kappa shape index (κ1) is 62.7. The van der Waals surface area contributed by atoms with Crippen molar-refractivity contribution in [1.29, 1.82) is 0 Å². The molecule has 0 saturated heterocycles. The number of hydrogen-bond donors (Lipinski definition) is 4. The molecule has 0 saturated carbocycles. The van der Waals surface area contributed by atoms with Crippen molar-refractivity contribution >= 4 is 0 Å². The zero-order chi connectivity index (χ0) is 39.1. The average Bonchev–Trinajstić information content (AvgIpc) is 3.16. The van der Waals surface area contributed by atoms with E-state index >= 15 is 0 Å². The van der Waals surface area contributed by atoms with Gasteiger partial charge in [0.05, 0.1) is 0 Å². The summed E-state index contributed by atoms with van der Waals surface area (Å²) < 4.78 is 0. The van der Waals surface area contributed by atoms with Gasteiger partial charge in [0.1, 0.15) is 0 Å². The van der Waals surface area contributed by atoms with Crippen LogP contribution in [0.25, 0.3) is 0 Å². The van der Waals surface area contributed by atoms with E-state index in [1.54, 1.807) is 0 Å². The van der Waals surface area contributed by atoms with E-state index in [1.807, 2.05) is 0 Å². The Hall–Kier alpha value is 0.554. The third kappa shape index (κ3) is 81.7. The summed E-state index contributed by atoms with van der Waals surface area (Å²) in [6.45, 7) is 10.5. The molecule has 0 rings (SSSR count). The Balaban J connectivity index is -0.000000192. The molecular weight excluding hydrogens is 688 g/mol. The summed E-state index contributed by atoms with van der Waals surface area (Å²) in [5.74, 6) is 0. The zero-order valence-corrected chi connectivity index (χ0v) is 39.0. The van der Waals surface area contributed by atoms with Crippen molar-refractivity contribution in [2.75, 3.05) is 26.4 Å². The molecule has 4 N–H and O–H groups in total.